The predicted molar refractivity (Wildman–Crippen MR) is 89.1 cm³/mol. The van der Waals surface area contributed by atoms with Crippen LogP contribution in [0.15, 0.2) is 0 Å². The monoisotopic (exact) mass is 368 g/mol. The van der Waals surface area contributed by atoms with Crippen LogP contribution in [0.1, 0.15) is 34.6 Å². The molecule has 1 atom stereocenters. The van der Waals surface area contributed by atoms with Gasteiger partial charge in [-0.3, -0.25) is 9.36 Å². The smallest absolute Gasteiger partial charge is 0.410 e. The number of amides is 1. The van der Waals surface area contributed by atoms with Crippen molar-refractivity contribution in [1.82, 2.24) is 4.90 Å². The number of carboxylic acids is 1. The molecule has 0 saturated carbocycles. The average molecular weight is 368 g/mol. The number of carbonyl (C=O) groups is 2. The Hall–Kier alpha value is -1.15. The first-order valence-corrected chi connectivity index (χ1v) is 9.51. The van der Waals surface area contributed by atoms with Crippen molar-refractivity contribution >= 4 is 19.7 Å². The van der Waals surface area contributed by atoms with Gasteiger partial charge >= 0.3 is 19.7 Å². The van der Waals surface area contributed by atoms with Crippen LogP contribution < -0.4 is 5.73 Å². The van der Waals surface area contributed by atoms with E-state index >= 15 is 0 Å². The summed E-state index contributed by atoms with van der Waals surface area (Å²) in [6.45, 7) is 8.46. The third-order valence-electron chi connectivity index (χ3n) is 2.68. The molecule has 0 aromatic heterocycles. The van der Waals surface area contributed by atoms with E-state index in [0.717, 1.165) is 4.90 Å². The number of aliphatic carboxylic acids is 1. The van der Waals surface area contributed by atoms with Gasteiger partial charge in [-0.15, -0.1) is 0 Å². The van der Waals surface area contributed by atoms with Crippen LogP contribution in [-0.2, 0) is 23.1 Å². The van der Waals surface area contributed by atoms with E-state index in [1.54, 1.807) is 34.6 Å². The molecule has 0 spiro atoms. The maximum atomic E-state index is 12.5. The van der Waals surface area contributed by atoms with Crippen molar-refractivity contribution in [3.63, 3.8) is 0 Å². The van der Waals surface area contributed by atoms with Crippen molar-refractivity contribution < 1.29 is 33.0 Å². The largest absolute Gasteiger partial charge is 0.480 e. The summed E-state index contributed by atoms with van der Waals surface area (Å²) in [7, 11) is -3.37. The van der Waals surface area contributed by atoms with Crippen LogP contribution in [0, 0.1) is 0 Å². The summed E-state index contributed by atoms with van der Waals surface area (Å²) in [6.07, 6.45) is -0.820. The summed E-state index contributed by atoms with van der Waals surface area (Å²) in [4.78, 5) is 24.3. The molecule has 142 valence electrons. The minimum atomic E-state index is -3.37. The zero-order valence-corrected chi connectivity index (χ0v) is 15.9. The molecule has 0 radical (unpaired) electrons. The van der Waals surface area contributed by atoms with Gasteiger partial charge in [-0.1, -0.05) is 0 Å². The standard InChI is InChI=1S/C14H29N2O7P/c1-6-21-24(20,22-7-2)9-8-16(10-11(15)12(17)18)13(19)23-14(3,4)5/h11H,6-10,15H2,1-5H3,(H,17,18). The Labute approximate surface area is 143 Å². The van der Waals surface area contributed by atoms with Gasteiger partial charge in [-0.2, -0.15) is 0 Å². The molecule has 0 fully saturated rings. The number of nitrogens with two attached hydrogens (primary N) is 1. The topological polar surface area (TPSA) is 128 Å². The van der Waals surface area contributed by atoms with Crippen LogP contribution in [0.4, 0.5) is 4.79 Å². The molecule has 0 aromatic carbocycles. The normalized spacial score (nSPS) is 13.4. The first-order valence-electron chi connectivity index (χ1n) is 7.78. The minimum Gasteiger partial charge on any atom is -0.480 e. The lowest BCUT2D eigenvalue weighted by atomic mass is 10.2. The Morgan fingerprint density at radius 2 is 1.71 bits per heavy atom. The lowest BCUT2D eigenvalue weighted by Gasteiger charge is -2.29. The number of hydrogen-bond acceptors (Lipinski definition) is 7. The van der Waals surface area contributed by atoms with Gasteiger partial charge in [0.2, 0.25) is 0 Å². The molecule has 0 aromatic rings. The van der Waals surface area contributed by atoms with E-state index in [0.29, 0.717) is 0 Å². The summed E-state index contributed by atoms with van der Waals surface area (Å²) < 4.78 is 28.0. The van der Waals surface area contributed by atoms with Crippen molar-refractivity contribution in [3.05, 3.63) is 0 Å². The highest BCUT2D eigenvalue weighted by Gasteiger charge is 2.30. The third-order valence-corrected chi connectivity index (χ3v) is 4.73. The summed E-state index contributed by atoms with van der Waals surface area (Å²) in [5.74, 6) is -1.25. The summed E-state index contributed by atoms with van der Waals surface area (Å²) in [6, 6.07) is -1.28. The number of hydrogen-bond donors (Lipinski definition) is 2. The highest BCUT2D eigenvalue weighted by molar-refractivity contribution is 7.53. The summed E-state index contributed by atoms with van der Waals surface area (Å²) in [5, 5.41) is 8.93. The third kappa shape index (κ3) is 9.22. The first kappa shape index (κ1) is 22.9. The van der Waals surface area contributed by atoms with Crippen LogP contribution >= 0.6 is 7.60 Å². The lowest BCUT2D eigenvalue weighted by Crippen LogP contribution is -2.47. The number of carbonyl (C=O) groups excluding carboxylic acids is 1. The van der Waals surface area contributed by atoms with Gasteiger partial charge < -0.3 is 29.5 Å². The quantitative estimate of drug-likeness (QED) is 0.560. The Balaban J connectivity index is 5.07. The van der Waals surface area contributed by atoms with Gasteiger partial charge in [0.1, 0.15) is 11.6 Å². The zero-order valence-electron chi connectivity index (χ0n) is 15.0. The van der Waals surface area contributed by atoms with Gasteiger partial charge in [0.25, 0.3) is 0 Å². The maximum Gasteiger partial charge on any atom is 0.410 e. The molecule has 10 heteroatoms. The molecule has 0 rings (SSSR count). The molecule has 1 unspecified atom stereocenters. The Morgan fingerprint density at radius 1 is 1.21 bits per heavy atom. The highest BCUT2D eigenvalue weighted by Crippen LogP contribution is 2.47. The predicted octanol–water partition coefficient (Wildman–Crippen LogP) is 1.90. The molecular weight excluding hydrogens is 339 g/mol. The van der Waals surface area contributed by atoms with Crippen LogP contribution in [0.2, 0.25) is 0 Å². The van der Waals surface area contributed by atoms with Crippen LogP contribution in [-0.4, -0.2) is 66.2 Å². The molecule has 3 N–H and O–H groups in total. The molecule has 0 heterocycles. The Bertz CT molecular complexity index is 455. The van der Waals surface area contributed by atoms with E-state index in [2.05, 4.69) is 0 Å². The maximum absolute atomic E-state index is 12.5. The van der Waals surface area contributed by atoms with Crippen molar-refractivity contribution in [3.8, 4) is 0 Å². The number of nitrogens with zero attached hydrogens (tertiary/aromatic N) is 1. The molecule has 0 bridgehead atoms. The van der Waals surface area contributed by atoms with Crippen molar-refractivity contribution in [2.24, 2.45) is 5.73 Å². The molecule has 0 saturated heterocycles. The molecule has 0 aliphatic carbocycles. The summed E-state index contributed by atoms with van der Waals surface area (Å²) in [5.41, 5.74) is 4.74. The SMILES string of the molecule is CCOP(=O)(CCN(CC(N)C(=O)O)C(=O)OC(C)(C)C)OCC. The average Bonchev–Trinajstić information content (AvgIpc) is 2.41. The molecular formula is C14H29N2O7P. The second-order valence-corrected chi connectivity index (χ2v) is 8.23. The second-order valence-electron chi connectivity index (χ2n) is 6.04. The second kappa shape index (κ2) is 9.98. The summed E-state index contributed by atoms with van der Waals surface area (Å²) >= 11 is 0. The fourth-order valence-corrected chi connectivity index (χ4v) is 3.31. The van der Waals surface area contributed by atoms with E-state index in [4.69, 9.17) is 24.6 Å². The fraction of sp³-hybridized carbons (Fsp3) is 0.857. The van der Waals surface area contributed by atoms with E-state index in [1.165, 1.54) is 0 Å². The van der Waals surface area contributed by atoms with E-state index in [-0.39, 0.29) is 32.5 Å². The van der Waals surface area contributed by atoms with Gasteiger partial charge in [0.05, 0.1) is 19.4 Å². The molecule has 9 nitrogen and oxygen atoms in total. The number of ether oxygens (including phenoxy) is 1. The van der Waals surface area contributed by atoms with Crippen molar-refractivity contribution in [1.29, 1.82) is 0 Å². The zero-order chi connectivity index (χ0) is 19.0. The first-order chi connectivity index (χ1) is 10.9. The van der Waals surface area contributed by atoms with E-state index in [9.17, 15) is 14.2 Å². The fourth-order valence-electron chi connectivity index (χ4n) is 1.70. The van der Waals surface area contributed by atoms with Gasteiger partial charge in [0, 0.05) is 13.1 Å². The van der Waals surface area contributed by atoms with Gasteiger partial charge in [-0.05, 0) is 34.6 Å². The highest BCUT2D eigenvalue weighted by atomic mass is 31.2. The van der Waals surface area contributed by atoms with Gasteiger partial charge in [0.15, 0.2) is 0 Å². The lowest BCUT2D eigenvalue weighted by molar-refractivity contribution is -0.138. The Kier molecular flexibility index (Phi) is 9.50. The van der Waals surface area contributed by atoms with Crippen molar-refractivity contribution in [2.75, 3.05) is 32.5 Å². The molecule has 0 aliphatic heterocycles. The molecule has 1 amide bonds. The molecule has 0 aliphatic rings. The van der Waals surface area contributed by atoms with Crippen molar-refractivity contribution in [2.45, 2.75) is 46.3 Å². The van der Waals surface area contributed by atoms with E-state index < -0.39 is 31.3 Å². The van der Waals surface area contributed by atoms with Crippen LogP contribution in [0.3, 0.4) is 0 Å². The molecule has 24 heavy (non-hydrogen) atoms. The number of carboxylic acid groups (broad SMARTS) is 1. The number of rotatable bonds is 10. The van der Waals surface area contributed by atoms with Gasteiger partial charge in [-0.25, -0.2) is 4.79 Å². The van der Waals surface area contributed by atoms with Crippen LogP contribution in [0.5, 0.6) is 0 Å². The minimum absolute atomic E-state index is 0.0623. The Morgan fingerprint density at radius 3 is 2.08 bits per heavy atom. The van der Waals surface area contributed by atoms with Crippen LogP contribution in [0.25, 0.3) is 0 Å². The van der Waals surface area contributed by atoms with E-state index in [1.807, 2.05) is 0 Å².